The van der Waals surface area contributed by atoms with Gasteiger partial charge in [-0.3, -0.25) is 4.79 Å². The molecule has 4 rings (SSSR count). The molecule has 2 heterocycles. The lowest BCUT2D eigenvalue weighted by Crippen LogP contribution is -2.01. The molecule has 0 radical (unpaired) electrons. The van der Waals surface area contributed by atoms with Gasteiger partial charge in [-0.25, -0.2) is 14.1 Å². The fourth-order valence-corrected chi connectivity index (χ4v) is 3.25. The minimum atomic E-state index is -0.818. The van der Waals surface area contributed by atoms with E-state index in [-0.39, 0.29) is 18.7 Å². The molecule has 2 aromatic heterocycles. The molecule has 7 nitrogen and oxygen atoms in total. The number of aromatic nitrogens is 3. The number of hydrogen-bond donors (Lipinski definition) is 1. The Labute approximate surface area is 173 Å². The number of benzene rings is 1. The number of methoxy groups -OCH3 is 1. The Bertz CT molecular complexity index is 1060. The molecule has 30 heavy (non-hydrogen) atoms. The number of pyridine rings is 1. The normalized spacial score (nSPS) is 13.3. The van der Waals surface area contributed by atoms with E-state index in [0.717, 1.165) is 30.2 Å². The van der Waals surface area contributed by atoms with Crippen LogP contribution in [0, 0.1) is 5.82 Å². The number of carbonyl (C=O) groups is 1. The monoisotopic (exact) mass is 411 g/mol. The highest BCUT2D eigenvalue weighted by Gasteiger charge is 2.24. The highest BCUT2D eigenvalue weighted by molar-refractivity contribution is 5.67. The lowest BCUT2D eigenvalue weighted by molar-refractivity contribution is -0.136. The van der Waals surface area contributed by atoms with Crippen molar-refractivity contribution in [1.29, 1.82) is 0 Å². The van der Waals surface area contributed by atoms with Gasteiger partial charge in [0.05, 0.1) is 19.5 Å². The van der Waals surface area contributed by atoms with Gasteiger partial charge in [0.25, 0.3) is 0 Å². The van der Waals surface area contributed by atoms with Crippen LogP contribution in [0.5, 0.6) is 11.6 Å². The van der Waals surface area contributed by atoms with Crippen LogP contribution in [0.3, 0.4) is 0 Å². The first-order valence-corrected chi connectivity index (χ1v) is 9.73. The Kier molecular flexibility index (Phi) is 5.65. The molecule has 0 aliphatic heterocycles. The Balaban J connectivity index is 1.48. The zero-order chi connectivity index (χ0) is 21.1. The van der Waals surface area contributed by atoms with Gasteiger partial charge in [-0.2, -0.15) is 5.10 Å². The first-order valence-electron chi connectivity index (χ1n) is 9.73. The number of aliphatic carboxylic acids is 1. The van der Waals surface area contributed by atoms with Crippen LogP contribution in [0.4, 0.5) is 4.39 Å². The van der Waals surface area contributed by atoms with E-state index in [1.807, 2.05) is 12.1 Å². The van der Waals surface area contributed by atoms with E-state index in [2.05, 4.69) is 16.1 Å². The minimum Gasteiger partial charge on any atom is -0.489 e. The number of nitrogens with zero attached hydrogens (tertiary/aromatic N) is 3. The summed E-state index contributed by atoms with van der Waals surface area (Å²) >= 11 is 0. The molecule has 156 valence electrons. The van der Waals surface area contributed by atoms with Crippen LogP contribution in [0.2, 0.25) is 0 Å². The molecule has 0 amide bonds. The molecular weight excluding hydrogens is 389 g/mol. The summed E-state index contributed by atoms with van der Waals surface area (Å²) in [4.78, 5) is 14.7. The standard InChI is InChI=1S/C22H22FN3O4/c1-29-21-9-20(19(23)11-24-21)26-12-15(10-25-26)13-30-18-7-14(2-5-22(27)28)6-17(8-18)16-3-4-16/h6-12,16H,2-5,13H2,1H3,(H,27,28). The van der Waals surface area contributed by atoms with Crippen molar-refractivity contribution in [3.8, 4) is 17.3 Å². The van der Waals surface area contributed by atoms with E-state index in [1.54, 1.807) is 12.4 Å². The second kappa shape index (κ2) is 8.52. The second-order valence-corrected chi connectivity index (χ2v) is 7.34. The predicted molar refractivity (Wildman–Crippen MR) is 107 cm³/mol. The van der Waals surface area contributed by atoms with Crippen molar-refractivity contribution in [1.82, 2.24) is 14.8 Å². The van der Waals surface area contributed by atoms with Crippen LogP contribution in [0.1, 0.15) is 41.9 Å². The van der Waals surface area contributed by atoms with Gasteiger partial charge in [-0.15, -0.1) is 0 Å². The zero-order valence-corrected chi connectivity index (χ0v) is 16.5. The molecule has 1 aliphatic carbocycles. The summed E-state index contributed by atoms with van der Waals surface area (Å²) in [5.74, 6) is 0.201. The smallest absolute Gasteiger partial charge is 0.303 e. The van der Waals surface area contributed by atoms with E-state index < -0.39 is 11.8 Å². The van der Waals surface area contributed by atoms with Crippen molar-refractivity contribution in [2.24, 2.45) is 0 Å². The van der Waals surface area contributed by atoms with E-state index in [4.69, 9.17) is 14.6 Å². The quantitative estimate of drug-likeness (QED) is 0.575. The van der Waals surface area contributed by atoms with Crippen molar-refractivity contribution >= 4 is 5.97 Å². The third-order valence-corrected chi connectivity index (χ3v) is 4.97. The largest absolute Gasteiger partial charge is 0.489 e. The number of rotatable bonds is 9. The Hall–Kier alpha value is -3.42. The van der Waals surface area contributed by atoms with Gasteiger partial charge in [0.15, 0.2) is 5.82 Å². The molecule has 1 aliphatic rings. The van der Waals surface area contributed by atoms with Crippen molar-refractivity contribution in [2.45, 2.75) is 38.2 Å². The fraction of sp³-hybridized carbons (Fsp3) is 0.318. The molecule has 1 aromatic carbocycles. The maximum atomic E-state index is 14.1. The molecule has 0 saturated heterocycles. The lowest BCUT2D eigenvalue weighted by Gasteiger charge is -2.10. The maximum absolute atomic E-state index is 14.1. The highest BCUT2D eigenvalue weighted by Crippen LogP contribution is 2.41. The van der Waals surface area contributed by atoms with Crippen LogP contribution < -0.4 is 9.47 Å². The van der Waals surface area contributed by atoms with Crippen LogP contribution in [0.15, 0.2) is 42.9 Å². The number of hydrogen-bond acceptors (Lipinski definition) is 5. The molecule has 8 heteroatoms. The highest BCUT2D eigenvalue weighted by atomic mass is 19.1. The first kappa shape index (κ1) is 19.9. The molecule has 0 unspecified atom stereocenters. The van der Waals surface area contributed by atoms with Gasteiger partial charge in [0.1, 0.15) is 18.0 Å². The van der Waals surface area contributed by atoms with E-state index >= 15 is 0 Å². The minimum absolute atomic E-state index is 0.0846. The summed E-state index contributed by atoms with van der Waals surface area (Å²) < 4.78 is 26.5. The van der Waals surface area contributed by atoms with Crippen LogP contribution in [-0.2, 0) is 17.8 Å². The van der Waals surface area contributed by atoms with Gasteiger partial charge in [0, 0.05) is 24.2 Å². The molecule has 1 N–H and O–H groups in total. The van der Waals surface area contributed by atoms with Crippen molar-refractivity contribution in [3.63, 3.8) is 0 Å². The third kappa shape index (κ3) is 4.76. The number of halogens is 1. The van der Waals surface area contributed by atoms with Crippen LogP contribution in [0.25, 0.3) is 5.69 Å². The van der Waals surface area contributed by atoms with Crippen molar-refractivity contribution in [2.75, 3.05) is 7.11 Å². The van der Waals surface area contributed by atoms with E-state index in [1.165, 1.54) is 23.4 Å². The summed E-state index contributed by atoms with van der Waals surface area (Å²) in [6.07, 6.45) is 7.24. The maximum Gasteiger partial charge on any atom is 0.303 e. The number of carboxylic acids is 1. The van der Waals surface area contributed by atoms with Gasteiger partial charge >= 0.3 is 5.97 Å². The van der Waals surface area contributed by atoms with Crippen molar-refractivity contribution in [3.05, 3.63) is 65.4 Å². The topological polar surface area (TPSA) is 86.5 Å². The fourth-order valence-electron chi connectivity index (χ4n) is 3.25. The van der Waals surface area contributed by atoms with Crippen LogP contribution in [-0.4, -0.2) is 33.0 Å². The second-order valence-electron chi connectivity index (χ2n) is 7.34. The van der Waals surface area contributed by atoms with Gasteiger partial charge in [-0.05, 0) is 48.4 Å². The van der Waals surface area contributed by atoms with Gasteiger partial charge in [-0.1, -0.05) is 6.07 Å². The molecule has 1 saturated carbocycles. The summed E-state index contributed by atoms with van der Waals surface area (Å²) in [6.45, 7) is 0.260. The average molecular weight is 411 g/mol. The van der Waals surface area contributed by atoms with E-state index in [0.29, 0.717) is 24.0 Å². The molecule has 3 aromatic rings. The molecular formula is C22H22FN3O4. The number of aryl methyl sites for hydroxylation is 1. The summed E-state index contributed by atoms with van der Waals surface area (Å²) in [6, 6.07) is 7.44. The van der Waals surface area contributed by atoms with Crippen molar-refractivity contribution < 1.29 is 23.8 Å². The Morgan fingerprint density at radius 2 is 2.07 bits per heavy atom. The lowest BCUT2D eigenvalue weighted by atomic mass is 10.0. The average Bonchev–Trinajstić information content (AvgIpc) is 3.49. The zero-order valence-electron chi connectivity index (χ0n) is 16.5. The van der Waals surface area contributed by atoms with Gasteiger partial charge in [0.2, 0.25) is 5.88 Å². The SMILES string of the molecule is COc1cc(-n2cc(COc3cc(CCC(=O)O)cc(C4CC4)c3)cn2)c(F)cn1. The molecule has 0 atom stereocenters. The summed E-state index contributed by atoms with van der Waals surface area (Å²) in [5, 5.41) is 13.2. The number of carboxylic acid groups (broad SMARTS) is 1. The first-order chi connectivity index (χ1) is 14.5. The van der Waals surface area contributed by atoms with Gasteiger partial charge < -0.3 is 14.6 Å². The molecule has 0 bridgehead atoms. The molecule has 1 fully saturated rings. The Morgan fingerprint density at radius 3 is 2.80 bits per heavy atom. The van der Waals surface area contributed by atoms with E-state index in [9.17, 15) is 9.18 Å². The Morgan fingerprint density at radius 1 is 1.23 bits per heavy atom. The van der Waals surface area contributed by atoms with Crippen LogP contribution >= 0.6 is 0 Å². The number of ether oxygens (including phenoxy) is 2. The third-order valence-electron chi connectivity index (χ3n) is 4.97. The molecule has 0 spiro atoms. The summed E-state index contributed by atoms with van der Waals surface area (Å²) in [7, 11) is 1.47. The predicted octanol–water partition coefficient (Wildman–Crippen LogP) is 3.89. The summed E-state index contributed by atoms with van der Waals surface area (Å²) in [5.41, 5.74) is 3.15.